The number of benzene rings is 3. The van der Waals surface area contributed by atoms with Gasteiger partial charge in [-0.1, -0.05) is 24.3 Å². The van der Waals surface area contributed by atoms with Crippen LogP contribution in [0.25, 0.3) is 16.7 Å². The predicted molar refractivity (Wildman–Crippen MR) is 164 cm³/mol. The van der Waals surface area contributed by atoms with Gasteiger partial charge in [0.15, 0.2) is 34.6 Å². The normalized spacial score (nSPS) is 15.6. The van der Waals surface area contributed by atoms with Crippen molar-refractivity contribution in [1.82, 2.24) is 19.7 Å². The molecule has 0 spiro atoms. The molecule has 0 saturated carbocycles. The number of anilines is 2. The largest absolute Gasteiger partial charge is 0.454 e. The molecule has 0 atom stereocenters. The lowest BCUT2D eigenvalue weighted by molar-refractivity contribution is -0.115. The third kappa shape index (κ3) is 5.11. The van der Waals surface area contributed by atoms with E-state index in [4.69, 9.17) is 18.9 Å². The number of carbonyl (C=O) groups is 1. The van der Waals surface area contributed by atoms with Gasteiger partial charge in [-0.25, -0.2) is 0 Å². The number of nitrogens with one attached hydrogen (secondary N) is 1. The number of para-hydroxylation sites is 1. The van der Waals surface area contributed by atoms with Gasteiger partial charge in [0.1, 0.15) is 0 Å². The molecule has 2 aromatic heterocycles. The molecule has 1 N–H and O–H groups in total. The Kier molecular flexibility index (Phi) is 6.64. The zero-order valence-corrected chi connectivity index (χ0v) is 23.9. The molecule has 0 bridgehead atoms. The second kappa shape index (κ2) is 11.1. The summed E-state index contributed by atoms with van der Waals surface area (Å²) in [4.78, 5) is 17.7. The first-order chi connectivity index (χ1) is 21.7. The van der Waals surface area contributed by atoms with Crippen molar-refractivity contribution >= 4 is 28.3 Å². The minimum atomic E-state index is -0.120. The predicted octanol–water partition coefficient (Wildman–Crippen LogP) is 4.38. The molecule has 44 heavy (non-hydrogen) atoms. The quantitative estimate of drug-likeness (QED) is 0.296. The number of piperazine rings is 1. The van der Waals surface area contributed by atoms with Gasteiger partial charge in [0, 0.05) is 56.1 Å². The Balaban J connectivity index is 0.932. The van der Waals surface area contributed by atoms with E-state index in [2.05, 4.69) is 37.4 Å². The van der Waals surface area contributed by atoms with Crippen LogP contribution in [0, 0.1) is 0 Å². The number of carbonyl (C=O) groups excluding carboxylic acids is 1. The number of ether oxygens (including phenoxy) is 4. The maximum atomic E-state index is 13.0. The Bertz CT molecular complexity index is 1850. The molecule has 222 valence electrons. The maximum Gasteiger partial charge on any atom is 0.231 e. The van der Waals surface area contributed by atoms with Crippen LogP contribution in [0.15, 0.2) is 79.0 Å². The molecule has 0 radical (unpaired) electrons. The van der Waals surface area contributed by atoms with Gasteiger partial charge in [-0.3, -0.25) is 14.3 Å². The van der Waals surface area contributed by atoms with Crippen molar-refractivity contribution < 1.29 is 23.7 Å². The van der Waals surface area contributed by atoms with Crippen LogP contribution in [0.3, 0.4) is 0 Å². The monoisotopic (exact) mass is 590 g/mol. The molecular weight excluding hydrogens is 560 g/mol. The third-order valence-electron chi connectivity index (χ3n) is 8.22. The van der Waals surface area contributed by atoms with E-state index in [9.17, 15) is 4.79 Å². The summed E-state index contributed by atoms with van der Waals surface area (Å²) in [5.74, 6) is 4.38. The fourth-order valence-electron chi connectivity index (χ4n) is 5.98. The third-order valence-corrected chi connectivity index (χ3v) is 8.22. The molecule has 11 heteroatoms. The molecule has 1 fully saturated rings. The summed E-state index contributed by atoms with van der Waals surface area (Å²) >= 11 is 0. The highest BCUT2D eigenvalue weighted by Crippen LogP contribution is 2.35. The van der Waals surface area contributed by atoms with E-state index in [1.165, 1.54) is 5.56 Å². The number of hydrogen-bond donors (Lipinski definition) is 1. The van der Waals surface area contributed by atoms with Gasteiger partial charge in [0.2, 0.25) is 19.5 Å². The van der Waals surface area contributed by atoms with Crippen LogP contribution in [0.5, 0.6) is 23.0 Å². The molecule has 3 aliphatic heterocycles. The lowest BCUT2D eigenvalue weighted by Gasteiger charge is -2.35. The van der Waals surface area contributed by atoms with Crippen LogP contribution in [0.4, 0.5) is 11.5 Å². The van der Waals surface area contributed by atoms with Crippen LogP contribution in [-0.4, -0.2) is 65.3 Å². The van der Waals surface area contributed by atoms with Crippen molar-refractivity contribution in [3.63, 3.8) is 0 Å². The van der Waals surface area contributed by atoms with Crippen LogP contribution in [0.1, 0.15) is 11.1 Å². The van der Waals surface area contributed by atoms with E-state index in [0.717, 1.165) is 66.5 Å². The number of hydrogen-bond acceptors (Lipinski definition) is 9. The summed E-state index contributed by atoms with van der Waals surface area (Å²) in [5, 5.41) is 13.2. The van der Waals surface area contributed by atoms with Crippen LogP contribution >= 0.6 is 0 Å². The molecule has 0 unspecified atom stereocenters. The van der Waals surface area contributed by atoms with Crippen LogP contribution < -0.4 is 29.2 Å². The van der Waals surface area contributed by atoms with Crippen molar-refractivity contribution in [2.45, 2.75) is 13.0 Å². The zero-order chi connectivity index (χ0) is 29.5. The van der Waals surface area contributed by atoms with Gasteiger partial charge < -0.3 is 29.2 Å². The van der Waals surface area contributed by atoms with Gasteiger partial charge in [0.25, 0.3) is 0 Å². The minimum Gasteiger partial charge on any atom is -0.454 e. The number of aromatic nitrogens is 3. The highest BCUT2D eigenvalue weighted by Gasteiger charge is 2.21. The number of fused-ring (bicyclic) bond motifs is 3. The summed E-state index contributed by atoms with van der Waals surface area (Å²) in [7, 11) is 0. The SMILES string of the molecule is O=C(Cc1cn(-c2ccc(N3CCN(Cc4ccc5c(c4)OCO5)CC3)nn2)c2ccccc12)Nc1ccc2c(c1)OCO2. The fourth-order valence-corrected chi connectivity index (χ4v) is 5.98. The molecule has 5 heterocycles. The molecule has 3 aromatic carbocycles. The molecule has 11 nitrogen and oxygen atoms in total. The molecule has 1 saturated heterocycles. The smallest absolute Gasteiger partial charge is 0.231 e. The fraction of sp³-hybridized carbons (Fsp3) is 0.242. The Morgan fingerprint density at radius 3 is 2.25 bits per heavy atom. The summed E-state index contributed by atoms with van der Waals surface area (Å²) in [5.41, 5.74) is 3.76. The Morgan fingerprint density at radius 1 is 0.750 bits per heavy atom. The van der Waals surface area contributed by atoms with Gasteiger partial charge in [-0.05, 0) is 53.6 Å². The van der Waals surface area contributed by atoms with E-state index in [0.29, 0.717) is 29.8 Å². The number of rotatable bonds is 7. The molecule has 3 aliphatic rings. The van der Waals surface area contributed by atoms with E-state index >= 15 is 0 Å². The van der Waals surface area contributed by atoms with Crippen molar-refractivity contribution in [3.8, 4) is 28.8 Å². The minimum absolute atomic E-state index is 0.120. The number of amides is 1. The van der Waals surface area contributed by atoms with E-state index in [-0.39, 0.29) is 19.1 Å². The van der Waals surface area contributed by atoms with Crippen LogP contribution in [-0.2, 0) is 17.8 Å². The van der Waals surface area contributed by atoms with Gasteiger partial charge in [0.05, 0.1) is 11.9 Å². The van der Waals surface area contributed by atoms with Gasteiger partial charge >= 0.3 is 0 Å². The molecule has 0 aliphatic carbocycles. The Morgan fingerprint density at radius 2 is 1.45 bits per heavy atom. The van der Waals surface area contributed by atoms with E-state index in [1.807, 2.05) is 59.3 Å². The molecule has 8 rings (SSSR count). The molecule has 1 amide bonds. The van der Waals surface area contributed by atoms with Crippen molar-refractivity contribution in [2.24, 2.45) is 0 Å². The first-order valence-corrected chi connectivity index (χ1v) is 14.6. The highest BCUT2D eigenvalue weighted by molar-refractivity contribution is 5.96. The Hall–Kier alpha value is -5.29. The first-order valence-electron chi connectivity index (χ1n) is 14.6. The summed E-state index contributed by atoms with van der Waals surface area (Å²) in [6.07, 6.45) is 2.19. The second-order valence-electron chi connectivity index (χ2n) is 11.0. The van der Waals surface area contributed by atoms with Crippen molar-refractivity contribution in [2.75, 3.05) is 50.0 Å². The first kappa shape index (κ1) is 26.3. The maximum absolute atomic E-state index is 13.0. The summed E-state index contributed by atoms with van der Waals surface area (Å²) < 4.78 is 23.8. The number of nitrogens with zero attached hydrogens (tertiary/aromatic N) is 5. The summed E-state index contributed by atoms with van der Waals surface area (Å²) in [6.45, 7) is 4.94. The standard InChI is InChI=1S/C33H30N6O5/c40-33(34-24-6-8-28-30(17-24)44-21-42-28)16-23-19-39(26-4-2-1-3-25(23)26)32-10-9-31(35-36-32)38-13-11-37(12-14-38)18-22-5-7-27-29(15-22)43-20-41-27/h1-10,15,17,19H,11-14,16,18,20-21H2,(H,34,40). The van der Waals surface area contributed by atoms with E-state index < -0.39 is 0 Å². The van der Waals surface area contributed by atoms with Gasteiger partial charge in [-0.2, -0.15) is 0 Å². The average molecular weight is 591 g/mol. The van der Waals surface area contributed by atoms with Crippen molar-refractivity contribution in [3.05, 3.63) is 90.1 Å². The van der Waals surface area contributed by atoms with Crippen LogP contribution in [0.2, 0.25) is 0 Å². The molecular formula is C33H30N6O5. The Labute approximate surface area is 253 Å². The topological polar surface area (TPSA) is 103 Å². The zero-order valence-electron chi connectivity index (χ0n) is 23.9. The molecule has 5 aromatic rings. The van der Waals surface area contributed by atoms with Gasteiger partial charge in [-0.15, -0.1) is 10.2 Å². The second-order valence-corrected chi connectivity index (χ2v) is 11.0. The highest BCUT2D eigenvalue weighted by atomic mass is 16.7. The average Bonchev–Trinajstić information content (AvgIpc) is 3.80. The summed E-state index contributed by atoms with van der Waals surface area (Å²) in [6, 6.07) is 23.6. The van der Waals surface area contributed by atoms with E-state index in [1.54, 1.807) is 12.1 Å². The lowest BCUT2D eigenvalue weighted by Crippen LogP contribution is -2.46. The lowest BCUT2D eigenvalue weighted by atomic mass is 10.1. The van der Waals surface area contributed by atoms with Crippen molar-refractivity contribution in [1.29, 1.82) is 0 Å².